The minimum absolute atomic E-state index is 0.268. The van der Waals surface area contributed by atoms with Gasteiger partial charge in [0.15, 0.2) is 0 Å². The number of benzene rings is 1. The van der Waals surface area contributed by atoms with Crippen molar-refractivity contribution in [3.63, 3.8) is 0 Å². The molecule has 72 valence electrons. The molecule has 0 saturated heterocycles. The minimum atomic E-state index is -0.268. The molecular weight excluding hydrogens is 251 g/mol. The molecule has 1 N–H and O–H groups in total. The predicted octanol–water partition coefficient (Wildman–Crippen LogP) is 3.42. The van der Waals surface area contributed by atoms with E-state index >= 15 is 0 Å². The Bertz CT molecular complexity index is 286. The van der Waals surface area contributed by atoms with Crippen molar-refractivity contribution in [3.8, 4) is 0 Å². The van der Waals surface area contributed by atoms with Gasteiger partial charge in [-0.2, -0.15) is 0 Å². The summed E-state index contributed by atoms with van der Waals surface area (Å²) >= 11 is 9.36. The number of halogens is 2. The average Bonchev–Trinajstić information content (AvgIpc) is 2.06. The molecule has 0 aliphatic rings. The van der Waals surface area contributed by atoms with Crippen LogP contribution in [0.3, 0.4) is 0 Å². The SMILES string of the molecule is CC(O)CCc1cc(Br)ccc1Cl. The zero-order valence-corrected chi connectivity index (χ0v) is 9.77. The molecular formula is C10H12BrClO. The smallest absolute Gasteiger partial charge is 0.0515 e. The van der Waals surface area contributed by atoms with Crippen LogP contribution in [0.5, 0.6) is 0 Å². The molecule has 0 bridgehead atoms. The normalized spacial score (nSPS) is 12.9. The maximum Gasteiger partial charge on any atom is 0.0515 e. The van der Waals surface area contributed by atoms with E-state index in [0.29, 0.717) is 0 Å². The van der Waals surface area contributed by atoms with E-state index in [4.69, 9.17) is 16.7 Å². The van der Waals surface area contributed by atoms with Crippen molar-refractivity contribution in [2.75, 3.05) is 0 Å². The standard InChI is InChI=1S/C10H12BrClO/c1-7(13)2-3-8-6-9(11)4-5-10(8)12/h4-7,13H,2-3H2,1H3. The summed E-state index contributed by atoms with van der Waals surface area (Å²) in [6.45, 7) is 1.78. The van der Waals surface area contributed by atoms with Crippen LogP contribution in [0.4, 0.5) is 0 Å². The van der Waals surface area contributed by atoms with Crippen LogP contribution in [0.1, 0.15) is 18.9 Å². The quantitative estimate of drug-likeness (QED) is 0.886. The third-order valence-corrected chi connectivity index (χ3v) is 2.70. The van der Waals surface area contributed by atoms with Crippen molar-refractivity contribution in [3.05, 3.63) is 33.3 Å². The number of aliphatic hydroxyl groups excluding tert-OH is 1. The third kappa shape index (κ3) is 3.67. The van der Waals surface area contributed by atoms with Crippen LogP contribution in [-0.4, -0.2) is 11.2 Å². The van der Waals surface area contributed by atoms with Crippen LogP contribution in [0.15, 0.2) is 22.7 Å². The summed E-state index contributed by atoms with van der Waals surface area (Å²) in [4.78, 5) is 0. The van der Waals surface area contributed by atoms with Crippen LogP contribution in [0.2, 0.25) is 5.02 Å². The third-order valence-electron chi connectivity index (χ3n) is 1.84. The minimum Gasteiger partial charge on any atom is -0.393 e. The number of aliphatic hydroxyl groups is 1. The van der Waals surface area contributed by atoms with Gasteiger partial charge in [-0.1, -0.05) is 27.5 Å². The molecule has 0 saturated carbocycles. The highest BCUT2D eigenvalue weighted by Gasteiger charge is 2.03. The zero-order valence-electron chi connectivity index (χ0n) is 7.43. The fourth-order valence-corrected chi connectivity index (χ4v) is 1.72. The van der Waals surface area contributed by atoms with Gasteiger partial charge < -0.3 is 5.11 Å². The van der Waals surface area contributed by atoms with Crippen LogP contribution >= 0.6 is 27.5 Å². The van der Waals surface area contributed by atoms with Gasteiger partial charge in [0.25, 0.3) is 0 Å². The molecule has 0 spiro atoms. The molecule has 1 rings (SSSR count). The lowest BCUT2D eigenvalue weighted by Gasteiger charge is -2.06. The van der Waals surface area contributed by atoms with E-state index < -0.39 is 0 Å². The predicted molar refractivity (Wildman–Crippen MR) is 59.2 cm³/mol. The molecule has 0 heterocycles. The second kappa shape index (κ2) is 4.99. The molecule has 1 aromatic carbocycles. The van der Waals surface area contributed by atoms with Crippen molar-refractivity contribution in [2.45, 2.75) is 25.9 Å². The van der Waals surface area contributed by atoms with Crippen LogP contribution < -0.4 is 0 Å². The second-order valence-electron chi connectivity index (χ2n) is 3.12. The monoisotopic (exact) mass is 262 g/mol. The van der Waals surface area contributed by atoms with Gasteiger partial charge in [-0.3, -0.25) is 0 Å². The molecule has 0 radical (unpaired) electrons. The number of rotatable bonds is 3. The largest absolute Gasteiger partial charge is 0.393 e. The van der Waals surface area contributed by atoms with E-state index in [-0.39, 0.29) is 6.10 Å². The van der Waals surface area contributed by atoms with E-state index in [2.05, 4.69) is 15.9 Å². The molecule has 1 nitrogen and oxygen atoms in total. The first-order valence-electron chi connectivity index (χ1n) is 4.21. The lowest BCUT2D eigenvalue weighted by atomic mass is 10.1. The Balaban J connectivity index is 2.70. The molecule has 0 amide bonds. The first-order chi connectivity index (χ1) is 6.09. The molecule has 0 aromatic heterocycles. The number of hydrogen-bond acceptors (Lipinski definition) is 1. The van der Waals surface area contributed by atoms with E-state index in [1.165, 1.54) is 0 Å². The van der Waals surface area contributed by atoms with Crippen molar-refractivity contribution < 1.29 is 5.11 Å². The molecule has 1 atom stereocenters. The molecule has 13 heavy (non-hydrogen) atoms. The Morgan fingerprint density at radius 2 is 2.23 bits per heavy atom. The number of hydrogen-bond donors (Lipinski definition) is 1. The van der Waals surface area contributed by atoms with Crippen molar-refractivity contribution in [2.24, 2.45) is 0 Å². The first kappa shape index (κ1) is 11.0. The van der Waals surface area contributed by atoms with Gasteiger partial charge in [0, 0.05) is 9.50 Å². The van der Waals surface area contributed by atoms with Crippen molar-refractivity contribution >= 4 is 27.5 Å². The lowest BCUT2D eigenvalue weighted by Crippen LogP contribution is -2.01. The Morgan fingerprint density at radius 3 is 2.85 bits per heavy atom. The zero-order chi connectivity index (χ0) is 9.84. The van der Waals surface area contributed by atoms with Gasteiger partial charge in [-0.15, -0.1) is 0 Å². The molecule has 1 unspecified atom stereocenters. The number of aryl methyl sites for hydroxylation is 1. The van der Waals surface area contributed by atoms with E-state index in [1.54, 1.807) is 6.92 Å². The Hall–Kier alpha value is -0.0500. The van der Waals surface area contributed by atoms with E-state index in [0.717, 1.165) is 27.9 Å². The summed E-state index contributed by atoms with van der Waals surface area (Å²) in [5.41, 5.74) is 1.08. The van der Waals surface area contributed by atoms with Crippen molar-refractivity contribution in [1.82, 2.24) is 0 Å². The summed E-state index contributed by atoms with van der Waals surface area (Å²) in [5.74, 6) is 0. The molecule has 0 aliphatic heterocycles. The molecule has 0 fully saturated rings. The Morgan fingerprint density at radius 1 is 1.54 bits per heavy atom. The van der Waals surface area contributed by atoms with Gasteiger partial charge in [-0.25, -0.2) is 0 Å². The van der Waals surface area contributed by atoms with E-state index in [1.807, 2.05) is 18.2 Å². The van der Waals surface area contributed by atoms with Gasteiger partial charge in [-0.05, 0) is 43.5 Å². The van der Waals surface area contributed by atoms with Crippen molar-refractivity contribution in [1.29, 1.82) is 0 Å². The fraction of sp³-hybridized carbons (Fsp3) is 0.400. The Kier molecular flexibility index (Phi) is 4.23. The fourth-order valence-electron chi connectivity index (χ4n) is 1.10. The summed E-state index contributed by atoms with van der Waals surface area (Å²) in [7, 11) is 0. The Labute approximate surface area is 91.9 Å². The van der Waals surface area contributed by atoms with Crippen LogP contribution in [0.25, 0.3) is 0 Å². The summed E-state index contributed by atoms with van der Waals surface area (Å²) in [6.07, 6.45) is 1.29. The van der Waals surface area contributed by atoms with Crippen LogP contribution in [0, 0.1) is 0 Å². The van der Waals surface area contributed by atoms with Gasteiger partial charge in [0.2, 0.25) is 0 Å². The summed E-state index contributed by atoms with van der Waals surface area (Å²) in [5, 5.41) is 9.89. The summed E-state index contributed by atoms with van der Waals surface area (Å²) < 4.78 is 1.03. The highest BCUT2D eigenvalue weighted by Crippen LogP contribution is 2.22. The van der Waals surface area contributed by atoms with Gasteiger partial charge >= 0.3 is 0 Å². The topological polar surface area (TPSA) is 20.2 Å². The second-order valence-corrected chi connectivity index (χ2v) is 4.45. The highest BCUT2D eigenvalue weighted by molar-refractivity contribution is 9.10. The van der Waals surface area contributed by atoms with Gasteiger partial charge in [0.1, 0.15) is 0 Å². The lowest BCUT2D eigenvalue weighted by molar-refractivity contribution is 0.185. The van der Waals surface area contributed by atoms with E-state index in [9.17, 15) is 0 Å². The average molecular weight is 264 g/mol. The molecule has 0 aliphatic carbocycles. The molecule has 1 aromatic rings. The molecule has 3 heteroatoms. The highest BCUT2D eigenvalue weighted by atomic mass is 79.9. The maximum absolute atomic E-state index is 9.12. The maximum atomic E-state index is 9.12. The first-order valence-corrected chi connectivity index (χ1v) is 5.38. The van der Waals surface area contributed by atoms with Gasteiger partial charge in [0.05, 0.1) is 6.10 Å². The summed E-state index contributed by atoms with van der Waals surface area (Å²) in [6, 6.07) is 5.77. The van der Waals surface area contributed by atoms with Crippen LogP contribution in [-0.2, 0) is 6.42 Å².